The second-order valence-electron chi connectivity index (χ2n) is 5.44. The van der Waals surface area contributed by atoms with Crippen LogP contribution in [0.15, 0.2) is 30.3 Å². The number of carboxylic acids is 1. The van der Waals surface area contributed by atoms with Crippen LogP contribution in [0.4, 0.5) is 0 Å². The molecule has 0 saturated heterocycles. The standard InChI is InChI=1S/C16H21NO3/c18-14(11-12-7-3-1-4-8-12)17-15(16(19)20)13-9-5-2-6-10-13/h1,3-4,7-8,13,15H,2,5-6,9-11H2,(H,17,18)(H,19,20)/t15-/m1/s1. The normalized spacial score (nSPS) is 17.4. The Balaban J connectivity index is 1.93. The number of hydrogen-bond donors (Lipinski definition) is 2. The highest BCUT2D eigenvalue weighted by Gasteiger charge is 2.30. The number of aliphatic carboxylic acids is 1. The van der Waals surface area contributed by atoms with E-state index in [0.29, 0.717) is 0 Å². The first-order valence-electron chi connectivity index (χ1n) is 7.23. The van der Waals surface area contributed by atoms with Crippen molar-refractivity contribution < 1.29 is 14.7 Å². The van der Waals surface area contributed by atoms with E-state index in [1.54, 1.807) is 0 Å². The van der Waals surface area contributed by atoms with E-state index < -0.39 is 12.0 Å². The fourth-order valence-electron chi connectivity index (χ4n) is 2.85. The molecule has 4 heteroatoms. The minimum Gasteiger partial charge on any atom is -0.480 e. The topological polar surface area (TPSA) is 66.4 Å². The predicted molar refractivity (Wildman–Crippen MR) is 76.3 cm³/mol. The smallest absolute Gasteiger partial charge is 0.326 e. The van der Waals surface area contributed by atoms with E-state index in [1.165, 1.54) is 6.42 Å². The monoisotopic (exact) mass is 275 g/mol. The van der Waals surface area contributed by atoms with Crippen LogP contribution >= 0.6 is 0 Å². The molecule has 1 amide bonds. The Bertz CT molecular complexity index is 452. The zero-order valence-electron chi connectivity index (χ0n) is 11.5. The van der Waals surface area contributed by atoms with E-state index in [1.807, 2.05) is 30.3 Å². The van der Waals surface area contributed by atoms with E-state index in [2.05, 4.69) is 5.32 Å². The van der Waals surface area contributed by atoms with Crippen molar-refractivity contribution >= 4 is 11.9 Å². The summed E-state index contributed by atoms with van der Waals surface area (Å²) in [6.45, 7) is 0. The van der Waals surface area contributed by atoms with Gasteiger partial charge in [-0.3, -0.25) is 4.79 Å². The zero-order chi connectivity index (χ0) is 14.4. The number of carbonyl (C=O) groups is 2. The highest BCUT2D eigenvalue weighted by molar-refractivity contribution is 5.85. The van der Waals surface area contributed by atoms with Gasteiger partial charge in [0.1, 0.15) is 6.04 Å². The SMILES string of the molecule is O=C(Cc1ccccc1)N[C@@H](C(=O)O)C1CCCCC1. The van der Waals surface area contributed by atoms with Crippen molar-refractivity contribution in [3.8, 4) is 0 Å². The number of benzene rings is 1. The lowest BCUT2D eigenvalue weighted by molar-refractivity contribution is -0.143. The summed E-state index contributed by atoms with van der Waals surface area (Å²) in [7, 11) is 0. The zero-order valence-corrected chi connectivity index (χ0v) is 11.5. The van der Waals surface area contributed by atoms with Gasteiger partial charge in [0.2, 0.25) is 5.91 Å². The average molecular weight is 275 g/mol. The van der Waals surface area contributed by atoms with Gasteiger partial charge >= 0.3 is 5.97 Å². The fourth-order valence-corrected chi connectivity index (χ4v) is 2.85. The van der Waals surface area contributed by atoms with Gasteiger partial charge in [-0.15, -0.1) is 0 Å². The summed E-state index contributed by atoms with van der Waals surface area (Å²) < 4.78 is 0. The molecule has 1 atom stereocenters. The molecule has 0 bridgehead atoms. The molecule has 0 heterocycles. The first-order chi connectivity index (χ1) is 9.66. The fraction of sp³-hybridized carbons (Fsp3) is 0.500. The van der Waals surface area contributed by atoms with Crippen molar-refractivity contribution in [3.05, 3.63) is 35.9 Å². The van der Waals surface area contributed by atoms with Crippen LogP contribution in [0.5, 0.6) is 0 Å². The lowest BCUT2D eigenvalue weighted by Crippen LogP contribution is -2.47. The first kappa shape index (κ1) is 14.6. The molecule has 0 spiro atoms. The lowest BCUT2D eigenvalue weighted by Gasteiger charge is -2.28. The van der Waals surface area contributed by atoms with Gasteiger partial charge in [-0.05, 0) is 24.3 Å². The van der Waals surface area contributed by atoms with Crippen molar-refractivity contribution in [1.29, 1.82) is 0 Å². The summed E-state index contributed by atoms with van der Waals surface area (Å²) in [6.07, 6.45) is 5.30. The van der Waals surface area contributed by atoms with E-state index in [9.17, 15) is 14.7 Å². The Kier molecular flexibility index (Phi) is 5.16. The minimum absolute atomic E-state index is 0.0703. The predicted octanol–water partition coefficient (Wildman–Crippen LogP) is 2.38. The van der Waals surface area contributed by atoms with Crippen LogP contribution in [-0.2, 0) is 16.0 Å². The van der Waals surface area contributed by atoms with Gasteiger partial charge in [0.25, 0.3) is 0 Å². The molecule has 0 unspecified atom stereocenters. The van der Waals surface area contributed by atoms with E-state index >= 15 is 0 Å². The summed E-state index contributed by atoms with van der Waals surface area (Å²) in [4.78, 5) is 23.4. The van der Waals surface area contributed by atoms with Gasteiger partial charge in [0, 0.05) is 0 Å². The van der Waals surface area contributed by atoms with Crippen LogP contribution in [0.2, 0.25) is 0 Å². The van der Waals surface area contributed by atoms with Gasteiger partial charge in [0.05, 0.1) is 6.42 Å². The maximum Gasteiger partial charge on any atom is 0.326 e. The van der Waals surface area contributed by atoms with Crippen molar-refractivity contribution in [2.45, 2.75) is 44.6 Å². The summed E-state index contributed by atoms with van der Waals surface area (Å²) in [5.41, 5.74) is 0.901. The molecule has 4 nitrogen and oxygen atoms in total. The maximum atomic E-state index is 12.0. The van der Waals surface area contributed by atoms with Crippen LogP contribution in [0.25, 0.3) is 0 Å². The third-order valence-corrected chi connectivity index (χ3v) is 3.91. The van der Waals surface area contributed by atoms with Crippen molar-refractivity contribution in [3.63, 3.8) is 0 Å². The van der Waals surface area contributed by atoms with Gasteiger partial charge in [-0.1, -0.05) is 49.6 Å². The molecule has 2 rings (SSSR count). The molecule has 1 aliphatic rings. The minimum atomic E-state index is -0.918. The second-order valence-corrected chi connectivity index (χ2v) is 5.44. The molecule has 20 heavy (non-hydrogen) atoms. The molecule has 2 N–H and O–H groups in total. The van der Waals surface area contributed by atoms with Crippen molar-refractivity contribution in [2.24, 2.45) is 5.92 Å². The van der Waals surface area contributed by atoms with Crippen LogP contribution in [0.1, 0.15) is 37.7 Å². The second kappa shape index (κ2) is 7.08. The lowest BCUT2D eigenvalue weighted by atomic mass is 9.84. The largest absolute Gasteiger partial charge is 0.480 e. The highest BCUT2D eigenvalue weighted by atomic mass is 16.4. The third-order valence-electron chi connectivity index (χ3n) is 3.91. The Labute approximate surface area is 119 Å². The van der Waals surface area contributed by atoms with Gasteiger partial charge in [0.15, 0.2) is 0 Å². The first-order valence-corrected chi connectivity index (χ1v) is 7.23. The molecule has 1 aromatic rings. The molecular weight excluding hydrogens is 254 g/mol. The summed E-state index contributed by atoms with van der Waals surface area (Å²) in [6, 6.07) is 8.64. The molecule has 1 fully saturated rings. The number of carboxylic acid groups (broad SMARTS) is 1. The number of rotatable bonds is 5. The molecule has 0 aromatic heterocycles. The quantitative estimate of drug-likeness (QED) is 0.867. The van der Waals surface area contributed by atoms with Crippen LogP contribution in [-0.4, -0.2) is 23.0 Å². The Morgan fingerprint density at radius 1 is 1.15 bits per heavy atom. The Hall–Kier alpha value is -1.84. The van der Waals surface area contributed by atoms with Crippen LogP contribution < -0.4 is 5.32 Å². The van der Waals surface area contributed by atoms with Gasteiger partial charge in [-0.25, -0.2) is 4.79 Å². The van der Waals surface area contributed by atoms with E-state index in [4.69, 9.17) is 0 Å². The van der Waals surface area contributed by atoms with E-state index in [-0.39, 0.29) is 18.2 Å². The Morgan fingerprint density at radius 3 is 2.40 bits per heavy atom. The summed E-state index contributed by atoms with van der Waals surface area (Å²) >= 11 is 0. The molecule has 1 saturated carbocycles. The number of amides is 1. The number of nitrogens with one attached hydrogen (secondary N) is 1. The average Bonchev–Trinajstić information content (AvgIpc) is 2.46. The molecule has 1 aliphatic carbocycles. The van der Waals surface area contributed by atoms with Crippen LogP contribution in [0, 0.1) is 5.92 Å². The summed E-state index contributed by atoms with van der Waals surface area (Å²) in [5, 5.41) is 12.0. The molecule has 0 aliphatic heterocycles. The van der Waals surface area contributed by atoms with E-state index in [0.717, 1.165) is 31.2 Å². The number of hydrogen-bond acceptors (Lipinski definition) is 2. The highest BCUT2D eigenvalue weighted by Crippen LogP contribution is 2.26. The molecule has 1 aromatic carbocycles. The van der Waals surface area contributed by atoms with Crippen molar-refractivity contribution in [2.75, 3.05) is 0 Å². The third kappa shape index (κ3) is 4.08. The molecular formula is C16H21NO3. The molecule has 108 valence electrons. The van der Waals surface area contributed by atoms with Gasteiger partial charge in [-0.2, -0.15) is 0 Å². The summed E-state index contributed by atoms with van der Waals surface area (Å²) in [5.74, 6) is -1.06. The van der Waals surface area contributed by atoms with Gasteiger partial charge < -0.3 is 10.4 Å². The van der Waals surface area contributed by atoms with Crippen LogP contribution in [0.3, 0.4) is 0 Å². The number of carbonyl (C=O) groups excluding carboxylic acids is 1. The maximum absolute atomic E-state index is 12.0. The van der Waals surface area contributed by atoms with Crippen molar-refractivity contribution in [1.82, 2.24) is 5.32 Å². The molecule has 0 radical (unpaired) electrons. The Morgan fingerprint density at radius 2 is 1.80 bits per heavy atom.